The van der Waals surface area contributed by atoms with E-state index in [0.29, 0.717) is 12.2 Å². The van der Waals surface area contributed by atoms with Gasteiger partial charge in [0.1, 0.15) is 18.0 Å². The molecule has 0 unspecified atom stereocenters. The highest BCUT2D eigenvalue weighted by Gasteiger charge is 2.14. The van der Waals surface area contributed by atoms with Crippen LogP contribution in [0.4, 0.5) is 0 Å². The zero-order valence-electron chi connectivity index (χ0n) is 16.0. The molecule has 1 N–H and O–H groups in total. The van der Waals surface area contributed by atoms with E-state index in [9.17, 15) is 16.8 Å². The summed E-state index contributed by atoms with van der Waals surface area (Å²) in [5.74, 6) is 0.405. The topological polar surface area (TPSA) is 107 Å². The molecule has 0 fully saturated rings. The van der Waals surface area contributed by atoms with Crippen LogP contribution in [0.3, 0.4) is 0 Å². The van der Waals surface area contributed by atoms with Crippen LogP contribution >= 0.6 is 0 Å². The molecule has 0 radical (unpaired) electrons. The lowest BCUT2D eigenvalue weighted by molar-refractivity contribution is 0.340. The minimum atomic E-state index is -3.66. The SMILES string of the molecule is CCS(=O)(=O)CCOc1ccc(S(=O)(=O)NCCc2cn3ccccc3n2)cc1. The van der Waals surface area contributed by atoms with Crippen molar-refractivity contribution in [2.24, 2.45) is 0 Å². The van der Waals surface area contributed by atoms with Gasteiger partial charge in [0, 0.05) is 31.1 Å². The molecule has 0 bridgehead atoms. The average molecular weight is 438 g/mol. The largest absolute Gasteiger partial charge is 0.493 e. The van der Waals surface area contributed by atoms with E-state index >= 15 is 0 Å². The number of sulfone groups is 1. The predicted octanol–water partition coefficient (Wildman–Crippen LogP) is 1.67. The van der Waals surface area contributed by atoms with E-state index in [1.54, 1.807) is 6.92 Å². The first-order chi connectivity index (χ1) is 13.8. The molecule has 10 heteroatoms. The highest BCUT2D eigenvalue weighted by Crippen LogP contribution is 2.16. The van der Waals surface area contributed by atoms with E-state index in [4.69, 9.17) is 4.74 Å². The maximum absolute atomic E-state index is 12.4. The molecule has 0 atom stereocenters. The number of hydrogen-bond donors (Lipinski definition) is 1. The Morgan fingerprint density at radius 3 is 2.52 bits per heavy atom. The first-order valence-electron chi connectivity index (χ1n) is 9.15. The highest BCUT2D eigenvalue weighted by atomic mass is 32.2. The Morgan fingerprint density at radius 2 is 1.83 bits per heavy atom. The summed E-state index contributed by atoms with van der Waals surface area (Å²) in [4.78, 5) is 4.55. The first-order valence-corrected chi connectivity index (χ1v) is 12.4. The highest BCUT2D eigenvalue weighted by molar-refractivity contribution is 7.91. The molecule has 0 saturated carbocycles. The fourth-order valence-corrected chi connectivity index (χ4v) is 4.31. The number of rotatable bonds is 10. The van der Waals surface area contributed by atoms with Gasteiger partial charge in [-0.2, -0.15) is 0 Å². The Morgan fingerprint density at radius 1 is 1.07 bits per heavy atom. The number of nitrogens with zero attached hydrogens (tertiary/aromatic N) is 2. The Bertz CT molecular complexity index is 1140. The van der Waals surface area contributed by atoms with E-state index in [2.05, 4.69) is 9.71 Å². The zero-order valence-corrected chi connectivity index (χ0v) is 17.6. The van der Waals surface area contributed by atoms with Gasteiger partial charge in [-0.05, 0) is 36.4 Å². The second-order valence-corrected chi connectivity index (χ2v) is 10.6. The quantitative estimate of drug-likeness (QED) is 0.517. The lowest BCUT2D eigenvalue weighted by atomic mass is 10.3. The Kier molecular flexibility index (Phi) is 6.56. The minimum Gasteiger partial charge on any atom is -0.493 e. The van der Waals surface area contributed by atoms with E-state index in [1.807, 2.05) is 35.0 Å². The molecule has 0 aliphatic rings. The fraction of sp³-hybridized carbons (Fsp3) is 0.316. The van der Waals surface area contributed by atoms with E-state index < -0.39 is 19.9 Å². The van der Waals surface area contributed by atoms with Gasteiger partial charge in [0.05, 0.1) is 16.3 Å². The van der Waals surface area contributed by atoms with Gasteiger partial charge in [0.15, 0.2) is 9.84 Å². The summed E-state index contributed by atoms with van der Waals surface area (Å²) >= 11 is 0. The van der Waals surface area contributed by atoms with Crippen LogP contribution in [0, 0.1) is 0 Å². The molecule has 2 aromatic heterocycles. The van der Waals surface area contributed by atoms with Crippen molar-refractivity contribution in [2.75, 3.05) is 24.7 Å². The van der Waals surface area contributed by atoms with Crippen LogP contribution in [0.25, 0.3) is 5.65 Å². The van der Waals surface area contributed by atoms with E-state index in [0.717, 1.165) is 11.3 Å². The van der Waals surface area contributed by atoms with Crippen molar-refractivity contribution in [1.82, 2.24) is 14.1 Å². The fourth-order valence-electron chi connectivity index (χ4n) is 2.65. The summed E-state index contributed by atoms with van der Waals surface area (Å²) < 4.78 is 57.6. The molecule has 3 rings (SSSR count). The van der Waals surface area contributed by atoms with Crippen LogP contribution in [-0.4, -0.2) is 50.9 Å². The normalized spacial score (nSPS) is 12.3. The second kappa shape index (κ2) is 8.93. The molecular weight excluding hydrogens is 414 g/mol. The molecule has 0 amide bonds. The van der Waals surface area contributed by atoms with Crippen LogP contribution in [-0.2, 0) is 26.3 Å². The van der Waals surface area contributed by atoms with Crippen molar-refractivity contribution in [2.45, 2.75) is 18.2 Å². The van der Waals surface area contributed by atoms with Crippen molar-refractivity contribution < 1.29 is 21.6 Å². The number of imidazole rings is 1. The number of nitrogens with one attached hydrogen (secondary N) is 1. The van der Waals surface area contributed by atoms with Crippen LogP contribution in [0.2, 0.25) is 0 Å². The van der Waals surface area contributed by atoms with Crippen LogP contribution in [0.1, 0.15) is 12.6 Å². The molecule has 3 aromatic rings. The minimum absolute atomic E-state index is 0.0273. The molecule has 1 aromatic carbocycles. The van der Waals surface area contributed by atoms with Crippen LogP contribution in [0.15, 0.2) is 59.8 Å². The third kappa shape index (κ3) is 5.78. The number of sulfonamides is 1. The lowest BCUT2D eigenvalue weighted by Gasteiger charge is -2.09. The first kappa shape index (κ1) is 21.3. The summed E-state index contributed by atoms with van der Waals surface area (Å²) in [6.07, 6.45) is 4.22. The Labute approximate surface area is 170 Å². The molecule has 29 heavy (non-hydrogen) atoms. The van der Waals surface area contributed by atoms with Crippen molar-refractivity contribution in [1.29, 1.82) is 0 Å². The zero-order chi connectivity index (χ0) is 20.9. The summed E-state index contributed by atoms with van der Waals surface area (Å²) in [5, 5.41) is 0. The van der Waals surface area contributed by atoms with Crippen molar-refractivity contribution in [3.63, 3.8) is 0 Å². The summed E-state index contributed by atoms with van der Waals surface area (Å²) in [6.45, 7) is 1.83. The molecule has 0 saturated heterocycles. The number of pyridine rings is 1. The molecular formula is C19H23N3O5S2. The van der Waals surface area contributed by atoms with Gasteiger partial charge in [0.25, 0.3) is 0 Å². The molecule has 0 aliphatic heterocycles. The smallest absolute Gasteiger partial charge is 0.240 e. The van der Waals surface area contributed by atoms with Gasteiger partial charge in [0.2, 0.25) is 10.0 Å². The lowest BCUT2D eigenvalue weighted by Crippen LogP contribution is -2.26. The molecule has 2 heterocycles. The Hall–Kier alpha value is -2.43. The van der Waals surface area contributed by atoms with E-state index in [-0.39, 0.29) is 29.6 Å². The number of aromatic nitrogens is 2. The van der Waals surface area contributed by atoms with Gasteiger partial charge in [-0.1, -0.05) is 13.0 Å². The van der Waals surface area contributed by atoms with Crippen LogP contribution < -0.4 is 9.46 Å². The number of ether oxygens (including phenoxy) is 1. The number of fused-ring (bicyclic) bond motifs is 1. The van der Waals surface area contributed by atoms with Gasteiger partial charge < -0.3 is 9.14 Å². The molecule has 0 aliphatic carbocycles. The third-order valence-electron chi connectivity index (χ3n) is 4.32. The summed E-state index contributed by atoms with van der Waals surface area (Å²) in [6, 6.07) is 11.6. The Balaban J connectivity index is 1.53. The molecule has 0 spiro atoms. The maximum Gasteiger partial charge on any atom is 0.240 e. The van der Waals surface area contributed by atoms with E-state index in [1.165, 1.54) is 24.3 Å². The van der Waals surface area contributed by atoms with Gasteiger partial charge in [-0.25, -0.2) is 26.5 Å². The predicted molar refractivity (Wildman–Crippen MR) is 110 cm³/mol. The molecule has 8 nitrogen and oxygen atoms in total. The molecule has 156 valence electrons. The second-order valence-electron chi connectivity index (χ2n) is 6.40. The van der Waals surface area contributed by atoms with Crippen molar-refractivity contribution in [3.05, 3.63) is 60.6 Å². The van der Waals surface area contributed by atoms with Crippen molar-refractivity contribution in [3.8, 4) is 5.75 Å². The monoisotopic (exact) mass is 437 g/mol. The van der Waals surface area contributed by atoms with Gasteiger partial charge >= 0.3 is 0 Å². The van der Waals surface area contributed by atoms with Crippen molar-refractivity contribution >= 4 is 25.5 Å². The maximum atomic E-state index is 12.4. The number of hydrogen-bond acceptors (Lipinski definition) is 6. The van der Waals surface area contributed by atoms with Gasteiger partial charge in [-0.3, -0.25) is 0 Å². The summed E-state index contributed by atoms with van der Waals surface area (Å²) in [7, 11) is -6.76. The van der Waals surface area contributed by atoms with Gasteiger partial charge in [-0.15, -0.1) is 0 Å². The van der Waals surface area contributed by atoms with Crippen LogP contribution in [0.5, 0.6) is 5.75 Å². The summed E-state index contributed by atoms with van der Waals surface area (Å²) in [5.41, 5.74) is 1.61. The average Bonchev–Trinajstić information content (AvgIpc) is 3.11. The third-order valence-corrected chi connectivity index (χ3v) is 7.47. The number of benzene rings is 1. The standard InChI is InChI=1S/C19H23N3O5S2/c1-2-28(23,24)14-13-27-17-6-8-18(9-7-17)29(25,26)20-11-10-16-15-22-12-4-3-5-19(22)21-16/h3-9,12,15,20H,2,10-11,13-14H2,1H3.